The molecule has 1 aromatic heterocycles. The number of hydrogen-bond donors (Lipinski definition) is 1. The van der Waals surface area contributed by atoms with E-state index in [2.05, 4.69) is 16.4 Å². The number of fused-ring (bicyclic) bond motifs is 1. The first-order valence-electron chi connectivity index (χ1n) is 3.53. The van der Waals surface area contributed by atoms with Crippen molar-refractivity contribution in [2.75, 3.05) is 11.9 Å². The molecule has 0 saturated heterocycles. The van der Waals surface area contributed by atoms with Crippen LogP contribution in [-0.2, 0) is 6.42 Å². The molecule has 0 fully saturated rings. The van der Waals surface area contributed by atoms with Crippen LogP contribution in [-0.4, -0.2) is 11.5 Å². The van der Waals surface area contributed by atoms with Gasteiger partial charge >= 0.3 is 0 Å². The zero-order valence-electron chi connectivity index (χ0n) is 5.96. The first-order valence-corrected chi connectivity index (χ1v) is 3.53. The number of rotatable bonds is 0. The van der Waals surface area contributed by atoms with Crippen molar-refractivity contribution in [2.45, 2.75) is 6.42 Å². The predicted molar refractivity (Wildman–Crippen MR) is 41.1 cm³/mol. The van der Waals surface area contributed by atoms with E-state index in [1.807, 2.05) is 6.07 Å². The summed E-state index contributed by atoms with van der Waals surface area (Å²) in [4.78, 5) is 3.97. The molecule has 54 valence electrons. The van der Waals surface area contributed by atoms with E-state index in [0.717, 1.165) is 24.2 Å². The van der Waals surface area contributed by atoms with Crippen LogP contribution in [0.1, 0.15) is 11.3 Å². The molecule has 1 N–H and O–H groups in total. The van der Waals surface area contributed by atoms with Crippen molar-refractivity contribution in [3.8, 4) is 6.07 Å². The van der Waals surface area contributed by atoms with Crippen molar-refractivity contribution < 1.29 is 0 Å². The lowest BCUT2D eigenvalue weighted by Crippen LogP contribution is -1.90. The zero-order chi connectivity index (χ0) is 7.68. The highest BCUT2D eigenvalue weighted by Gasteiger charge is 2.13. The van der Waals surface area contributed by atoms with Gasteiger partial charge in [-0.05, 0) is 12.5 Å². The Balaban J connectivity index is 2.61. The van der Waals surface area contributed by atoms with Gasteiger partial charge in [0.25, 0.3) is 0 Å². The first kappa shape index (κ1) is 6.17. The third-order valence-corrected chi connectivity index (χ3v) is 1.85. The van der Waals surface area contributed by atoms with E-state index < -0.39 is 0 Å². The molecule has 2 rings (SSSR count). The number of pyridine rings is 1. The maximum absolute atomic E-state index is 8.66. The van der Waals surface area contributed by atoms with Crippen LogP contribution >= 0.6 is 0 Å². The van der Waals surface area contributed by atoms with Gasteiger partial charge in [0.05, 0.1) is 0 Å². The molecule has 0 atom stereocenters. The zero-order valence-corrected chi connectivity index (χ0v) is 5.96. The molecule has 1 aliphatic heterocycles. The van der Waals surface area contributed by atoms with Gasteiger partial charge in [-0.25, -0.2) is 4.98 Å². The summed E-state index contributed by atoms with van der Waals surface area (Å²) >= 11 is 0. The lowest BCUT2D eigenvalue weighted by atomic mass is 10.1. The second kappa shape index (κ2) is 2.24. The summed E-state index contributed by atoms with van der Waals surface area (Å²) in [7, 11) is 0. The maximum atomic E-state index is 8.66. The van der Waals surface area contributed by atoms with E-state index in [-0.39, 0.29) is 0 Å². The number of anilines is 1. The number of nitriles is 1. The fraction of sp³-hybridized carbons (Fsp3) is 0.250. The van der Waals surface area contributed by atoms with Crippen LogP contribution in [0.5, 0.6) is 0 Å². The Bertz CT molecular complexity index is 325. The normalized spacial score (nSPS) is 13.4. The molecule has 1 aliphatic rings. The lowest BCUT2D eigenvalue weighted by molar-refractivity contribution is 1.08. The largest absolute Gasteiger partial charge is 0.384 e. The summed E-state index contributed by atoms with van der Waals surface area (Å²) in [5.74, 6) is 0. The van der Waals surface area contributed by atoms with Crippen LogP contribution in [0.4, 0.5) is 5.69 Å². The minimum absolute atomic E-state index is 0.563. The van der Waals surface area contributed by atoms with Crippen LogP contribution in [0, 0.1) is 11.3 Å². The van der Waals surface area contributed by atoms with E-state index in [4.69, 9.17) is 5.26 Å². The topological polar surface area (TPSA) is 48.7 Å². The average molecular weight is 145 g/mol. The Labute approximate surface area is 64.7 Å². The molecule has 0 aromatic carbocycles. The Morgan fingerprint density at radius 3 is 3.36 bits per heavy atom. The number of hydrogen-bond acceptors (Lipinski definition) is 3. The number of nitrogens with one attached hydrogen (secondary N) is 1. The molecule has 0 unspecified atom stereocenters. The van der Waals surface area contributed by atoms with Gasteiger partial charge < -0.3 is 5.32 Å². The van der Waals surface area contributed by atoms with Crippen LogP contribution < -0.4 is 5.32 Å². The van der Waals surface area contributed by atoms with Crippen LogP contribution in [0.3, 0.4) is 0 Å². The second-order valence-corrected chi connectivity index (χ2v) is 2.47. The Kier molecular flexibility index (Phi) is 1.26. The molecule has 0 radical (unpaired) electrons. The van der Waals surface area contributed by atoms with Gasteiger partial charge in [-0.1, -0.05) is 0 Å². The number of aromatic nitrogens is 1. The Morgan fingerprint density at radius 2 is 2.55 bits per heavy atom. The van der Waals surface area contributed by atoms with Crippen LogP contribution in [0.2, 0.25) is 0 Å². The number of nitrogens with zero attached hydrogens (tertiary/aromatic N) is 2. The van der Waals surface area contributed by atoms with E-state index in [1.165, 1.54) is 0 Å². The van der Waals surface area contributed by atoms with Crippen molar-refractivity contribution in [3.63, 3.8) is 0 Å². The van der Waals surface area contributed by atoms with Gasteiger partial charge in [0.1, 0.15) is 11.8 Å². The van der Waals surface area contributed by atoms with Crippen molar-refractivity contribution in [2.24, 2.45) is 0 Å². The standard InChI is InChI=1S/C8H7N3/c9-5-8-6-1-3-10-7(6)2-4-11-8/h2,4,10H,1,3H2. The fourth-order valence-electron chi connectivity index (χ4n) is 1.33. The molecule has 0 aliphatic carbocycles. The van der Waals surface area contributed by atoms with E-state index >= 15 is 0 Å². The molecule has 0 amide bonds. The molecular weight excluding hydrogens is 138 g/mol. The molecule has 0 bridgehead atoms. The van der Waals surface area contributed by atoms with Crippen molar-refractivity contribution in [1.82, 2.24) is 4.98 Å². The minimum atomic E-state index is 0.563. The third kappa shape index (κ3) is 0.838. The molecule has 1 aromatic rings. The second-order valence-electron chi connectivity index (χ2n) is 2.47. The fourth-order valence-corrected chi connectivity index (χ4v) is 1.33. The molecule has 2 heterocycles. The summed E-state index contributed by atoms with van der Waals surface area (Å²) in [6.07, 6.45) is 2.59. The van der Waals surface area contributed by atoms with Crippen LogP contribution in [0.25, 0.3) is 0 Å². The predicted octanol–water partition coefficient (Wildman–Crippen LogP) is 0.921. The smallest absolute Gasteiger partial charge is 0.145 e. The highest BCUT2D eigenvalue weighted by atomic mass is 14.9. The molecular formula is C8H7N3. The highest BCUT2D eigenvalue weighted by Crippen LogP contribution is 2.22. The molecule has 0 spiro atoms. The van der Waals surface area contributed by atoms with Crippen molar-refractivity contribution >= 4 is 5.69 Å². The average Bonchev–Trinajstić information content (AvgIpc) is 2.50. The maximum Gasteiger partial charge on any atom is 0.145 e. The monoisotopic (exact) mass is 145 g/mol. The summed E-state index contributed by atoms with van der Waals surface area (Å²) in [6.45, 7) is 0.926. The van der Waals surface area contributed by atoms with Gasteiger partial charge in [0.2, 0.25) is 0 Å². The Morgan fingerprint density at radius 1 is 1.64 bits per heavy atom. The van der Waals surface area contributed by atoms with E-state index in [9.17, 15) is 0 Å². The summed E-state index contributed by atoms with van der Waals surface area (Å²) in [5.41, 5.74) is 2.69. The molecule has 0 saturated carbocycles. The van der Waals surface area contributed by atoms with Gasteiger partial charge in [-0.15, -0.1) is 0 Å². The van der Waals surface area contributed by atoms with Gasteiger partial charge in [-0.2, -0.15) is 5.26 Å². The first-order chi connectivity index (χ1) is 5.42. The van der Waals surface area contributed by atoms with Crippen LogP contribution in [0.15, 0.2) is 12.3 Å². The SMILES string of the molecule is N#Cc1nccc2c1CCN2. The quantitative estimate of drug-likeness (QED) is 0.590. The molecule has 11 heavy (non-hydrogen) atoms. The Hall–Kier alpha value is -1.56. The molecule has 3 heteroatoms. The van der Waals surface area contributed by atoms with E-state index in [1.54, 1.807) is 6.20 Å². The minimum Gasteiger partial charge on any atom is -0.384 e. The van der Waals surface area contributed by atoms with Crippen molar-refractivity contribution in [3.05, 3.63) is 23.5 Å². The van der Waals surface area contributed by atoms with Gasteiger partial charge in [0.15, 0.2) is 0 Å². The summed E-state index contributed by atoms with van der Waals surface area (Å²) in [6, 6.07) is 3.98. The summed E-state index contributed by atoms with van der Waals surface area (Å²) < 4.78 is 0. The third-order valence-electron chi connectivity index (χ3n) is 1.85. The molecule has 3 nitrogen and oxygen atoms in total. The highest BCUT2D eigenvalue weighted by molar-refractivity contribution is 5.58. The van der Waals surface area contributed by atoms with E-state index in [0.29, 0.717) is 5.69 Å². The van der Waals surface area contributed by atoms with Gasteiger partial charge in [-0.3, -0.25) is 0 Å². The lowest BCUT2D eigenvalue weighted by Gasteiger charge is -1.97. The van der Waals surface area contributed by atoms with Gasteiger partial charge in [0, 0.05) is 24.0 Å². The summed E-state index contributed by atoms with van der Waals surface area (Å²) in [5, 5.41) is 11.8. The van der Waals surface area contributed by atoms with Crippen molar-refractivity contribution in [1.29, 1.82) is 5.26 Å².